The molecule has 2 heterocycles. The molecule has 21 heavy (non-hydrogen) atoms. The van der Waals surface area contributed by atoms with Crippen molar-refractivity contribution in [1.29, 1.82) is 0 Å². The highest BCUT2D eigenvalue weighted by atomic mass is 79.9. The van der Waals surface area contributed by atoms with Crippen molar-refractivity contribution in [2.75, 3.05) is 0 Å². The Morgan fingerprint density at radius 1 is 1.24 bits per heavy atom. The van der Waals surface area contributed by atoms with Gasteiger partial charge in [0.1, 0.15) is 11.5 Å². The van der Waals surface area contributed by atoms with Crippen LogP contribution in [0, 0.1) is 10.1 Å². The molecular formula is C14H8BrN3O3. The van der Waals surface area contributed by atoms with Crippen molar-refractivity contribution in [3.8, 4) is 11.5 Å². The highest BCUT2D eigenvalue weighted by Crippen LogP contribution is 2.33. The summed E-state index contributed by atoms with van der Waals surface area (Å²) in [6, 6.07) is 8.17. The Labute approximate surface area is 127 Å². The van der Waals surface area contributed by atoms with Crippen LogP contribution in [0.5, 0.6) is 11.5 Å². The van der Waals surface area contributed by atoms with Crippen molar-refractivity contribution in [2.24, 2.45) is 0 Å². The highest BCUT2D eigenvalue weighted by molar-refractivity contribution is 9.10. The number of ether oxygens (including phenoxy) is 1. The molecule has 0 saturated carbocycles. The van der Waals surface area contributed by atoms with Gasteiger partial charge in [0.05, 0.1) is 16.5 Å². The van der Waals surface area contributed by atoms with Gasteiger partial charge in [-0.3, -0.25) is 15.1 Å². The first-order chi connectivity index (χ1) is 10.1. The lowest BCUT2D eigenvalue weighted by Gasteiger charge is -2.08. The topological polar surface area (TPSA) is 78.2 Å². The normalized spacial score (nSPS) is 10.5. The van der Waals surface area contributed by atoms with E-state index in [-0.39, 0.29) is 5.69 Å². The average molecular weight is 346 g/mol. The highest BCUT2D eigenvalue weighted by Gasteiger charge is 2.15. The maximum absolute atomic E-state index is 11.0. The number of pyridine rings is 2. The molecule has 0 radical (unpaired) electrons. The predicted molar refractivity (Wildman–Crippen MR) is 80.4 cm³/mol. The van der Waals surface area contributed by atoms with Crippen LogP contribution < -0.4 is 4.74 Å². The van der Waals surface area contributed by atoms with Gasteiger partial charge < -0.3 is 4.74 Å². The van der Waals surface area contributed by atoms with E-state index >= 15 is 0 Å². The average Bonchev–Trinajstić information content (AvgIpc) is 2.47. The fraction of sp³-hybridized carbons (Fsp3) is 0. The first-order valence-electron chi connectivity index (χ1n) is 5.95. The minimum atomic E-state index is -0.459. The van der Waals surface area contributed by atoms with Crippen LogP contribution >= 0.6 is 15.9 Å². The van der Waals surface area contributed by atoms with Crippen molar-refractivity contribution in [3.05, 3.63) is 63.5 Å². The summed E-state index contributed by atoms with van der Waals surface area (Å²) in [5, 5.41) is 11.6. The number of para-hydroxylation sites is 1. The molecule has 0 N–H and O–H groups in total. The third-order valence-corrected chi connectivity index (χ3v) is 3.25. The molecule has 1 aromatic carbocycles. The number of fused-ring (bicyclic) bond motifs is 1. The molecule has 3 rings (SSSR count). The van der Waals surface area contributed by atoms with Crippen LogP contribution in [-0.4, -0.2) is 14.9 Å². The molecule has 0 amide bonds. The van der Waals surface area contributed by atoms with Gasteiger partial charge in [-0.25, -0.2) is 4.98 Å². The molecule has 0 spiro atoms. The summed E-state index contributed by atoms with van der Waals surface area (Å²) in [6.07, 6.45) is 4.69. The second-order valence-electron chi connectivity index (χ2n) is 4.18. The summed E-state index contributed by atoms with van der Waals surface area (Å²) in [5.74, 6) is 1.02. The maximum atomic E-state index is 11.0. The standard InChI is InChI=1S/C14H8BrN3O3/c15-9-6-10(8-16-7-9)21-13-4-5-17-14-11(13)2-1-3-12(14)18(19)20/h1-8H. The Morgan fingerprint density at radius 2 is 2.10 bits per heavy atom. The molecule has 7 heteroatoms. The van der Waals surface area contributed by atoms with Crippen LogP contribution in [0.15, 0.2) is 53.4 Å². The van der Waals surface area contributed by atoms with E-state index in [0.29, 0.717) is 22.4 Å². The molecule has 0 saturated heterocycles. The van der Waals surface area contributed by atoms with Crippen LogP contribution in [0.4, 0.5) is 5.69 Å². The molecule has 2 aromatic heterocycles. The van der Waals surface area contributed by atoms with Gasteiger partial charge in [0, 0.05) is 22.9 Å². The van der Waals surface area contributed by atoms with Crippen molar-refractivity contribution < 1.29 is 9.66 Å². The smallest absolute Gasteiger partial charge is 0.295 e. The molecule has 6 nitrogen and oxygen atoms in total. The number of nitrogens with zero attached hydrogens (tertiary/aromatic N) is 3. The number of nitro benzene ring substituents is 1. The molecule has 0 aliphatic heterocycles. The number of hydrogen-bond donors (Lipinski definition) is 0. The van der Waals surface area contributed by atoms with Gasteiger partial charge in [0.15, 0.2) is 5.52 Å². The number of rotatable bonds is 3. The molecule has 0 aliphatic carbocycles. The number of nitro groups is 1. The van der Waals surface area contributed by atoms with E-state index in [4.69, 9.17) is 4.74 Å². The predicted octanol–water partition coefficient (Wildman–Crippen LogP) is 4.09. The van der Waals surface area contributed by atoms with Gasteiger partial charge in [0.25, 0.3) is 5.69 Å². The summed E-state index contributed by atoms with van der Waals surface area (Å²) in [7, 11) is 0. The van der Waals surface area contributed by atoms with Gasteiger partial charge in [-0.1, -0.05) is 6.07 Å². The van der Waals surface area contributed by atoms with Crippen LogP contribution in [0.2, 0.25) is 0 Å². The largest absolute Gasteiger partial charge is 0.455 e. The summed E-state index contributed by atoms with van der Waals surface area (Å²) in [6.45, 7) is 0. The number of aromatic nitrogens is 2. The Morgan fingerprint density at radius 3 is 2.86 bits per heavy atom. The van der Waals surface area contributed by atoms with E-state index in [9.17, 15) is 10.1 Å². The van der Waals surface area contributed by atoms with Crippen LogP contribution in [0.1, 0.15) is 0 Å². The monoisotopic (exact) mass is 345 g/mol. The molecule has 3 aromatic rings. The van der Waals surface area contributed by atoms with Gasteiger partial charge >= 0.3 is 0 Å². The molecule has 0 fully saturated rings. The molecular weight excluding hydrogens is 338 g/mol. The summed E-state index contributed by atoms with van der Waals surface area (Å²) < 4.78 is 6.53. The molecule has 0 unspecified atom stereocenters. The van der Waals surface area contributed by atoms with E-state index in [1.165, 1.54) is 12.3 Å². The zero-order chi connectivity index (χ0) is 14.8. The minimum absolute atomic E-state index is 0.0506. The maximum Gasteiger partial charge on any atom is 0.295 e. The van der Waals surface area contributed by atoms with Crippen molar-refractivity contribution >= 4 is 32.5 Å². The summed E-state index contributed by atoms with van der Waals surface area (Å²) in [5.41, 5.74) is 0.244. The lowest BCUT2D eigenvalue weighted by atomic mass is 10.2. The molecule has 0 atom stereocenters. The third kappa shape index (κ3) is 2.68. The number of non-ortho nitro benzene ring substituents is 1. The molecule has 0 aliphatic rings. The molecule has 0 bridgehead atoms. The number of hydrogen-bond acceptors (Lipinski definition) is 5. The van der Waals surface area contributed by atoms with Crippen molar-refractivity contribution in [3.63, 3.8) is 0 Å². The fourth-order valence-corrected chi connectivity index (χ4v) is 2.29. The van der Waals surface area contributed by atoms with Gasteiger partial charge in [-0.2, -0.15) is 0 Å². The van der Waals surface area contributed by atoms with E-state index in [1.807, 2.05) is 0 Å². The minimum Gasteiger partial charge on any atom is -0.455 e. The Hall–Kier alpha value is -2.54. The van der Waals surface area contributed by atoms with Gasteiger partial charge in [-0.05, 0) is 34.1 Å². The second kappa shape index (κ2) is 5.45. The lowest BCUT2D eigenvalue weighted by molar-refractivity contribution is -0.383. The third-order valence-electron chi connectivity index (χ3n) is 2.81. The van der Waals surface area contributed by atoms with E-state index in [1.54, 1.807) is 36.7 Å². The lowest BCUT2D eigenvalue weighted by Crippen LogP contribution is -1.93. The Balaban J connectivity index is 2.11. The van der Waals surface area contributed by atoms with Crippen LogP contribution in [0.3, 0.4) is 0 Å². The van der Waals surface area contributed by atoms with E-state index in [0.717, 1.165) is 4.47 Å². The van der Waals surface area contributed by atoms with Crippen molar-refractivity contribution in [2.45, 2.75) is 0 Å². The van der Waals surface area contributed by atoms with E-state index in [2.05, 4.69) is 25.9 Å². The van der Waals surface area contributed by atoms with Gasteiger partial charge in [0.2, 0.25) is 0 Å². The first kappa shape index (κ1) is 13.4. The number of benzene rings is 1. The fourth-order valence-electron chi connectivity index (χ4n) is 1.95. The van der Waals surface area contributed by atoms with Crippen LogP contribution in [0.25, 0.3) is 10.9 Å². The first-order valence-corrected chi connectivity index (χ1v) is 6.75. The quantitative estimate of drug-likeness (QED) is 0.527. The summed E-state index contributed by atoms with van der Waals surface area (Å²) >= 11 is 3.31. The Bertz CT molecular complexity index is 839. The van der Waals surface area contributed by atoms with Crippen LogP contribution in [-0.2, 0) is 0 Å². The molecule has 104 valence electrons. The van der Waals surface area contributed by atoms with Crippen molar-refractivity contribution in [1.82, 2.24) is 9.97 Å². The van der Waals surface area contributed by atoms with E-state index < -0.39 is 4.92 Å². The summed E-state index contributed by atoms with van der Waals surface area (Å²) in [4.78, 5) is 18.7. The SMILES string of the molecule is O=[N+]([O-])c1cccc2c(Oc3cncc(Br)c3)ccnc12. The zero-order valence-corrected chi connectivity index (χ0v) is 12.1. The number of halogens is 1. The zero-order valence-electron chi connectivity index (χ0n) is 10.6. The van der Waals surface area contributed by atoms with Gasteiger partial charge in [-0.15, -0.1) is 0 Å². The second-order valence-corrected chi connectivity index (χ2v) is 5.10. The Kier molecular flexibility index (Phi) is 3.49.